The van der Waals surface area contributed by atoms with E-state index in [9.17, 15) is 14.5 Å². The van der Waals surface area contributed by atoms with Crippen LogP contribution in [0.5, 0.6) is 5.75 Å². The number of ether oxygens (including phenoxy) is 1. The summed E-state index contributed by atoms with van der Waals surface area (Å²) in [6, 6.07) is 9.80. The molecule has 0 radical (unpaired) electrons. The van der Waals surface area contributed by atoms with Crippen LogP contribution in [0.15, 0.2) is 36.4 Å². The van der Waals surface area contributed by atoms with Crippen molar-refractivity contribution in [3.8, 4) is 5.75 Å². The Morgan fingerprint density at radius 1 is 1.23 bits per heavy atom. The van der Waals surface area contributed by atoms with E-state index >= 15 is 0 Å². The van der Waals surface area contributed by atoms with E-state index in [1.165, 1.54) is 19.2 Å². The van der Waals surface area contributed by atoms with Gasteiger partial charge in [-0.1, -0.05) is 29.3 Å². The van der Waals surface area contributed by atoms with Gasteiger partial charge in [-0.05, 0) is 49.7 Å². The van der Waals surface area contributed by atoms with Crippen molar-refractivity contribution in [3.05, 3.63) is 57.6 Å². The lowest BCUT2D eigenvalue weighted by Gasteiger charge is -2.26. The van der Waals surface area contributed by atoms with E-state index in [4.69, 9.17) is 32.5 Å². The molecule has 0 bridgehead atoms. The molecule has 2 atom stereocenters. The van der Waals surface area contributed by atoms with Gasteiger partial charge in [0.05, 0.1) is 35.0 Å². The molecule has 0 aliphatic carbocycles. The van der Waals surface area contributed by atoms with Gasteiger partial charge < -0.3 is 14.4 Å². The quantitative estimate of drug-likeness (QED) is 0.611. The van der Waals surface area contributed by atoms with Crippen molar-refractivity contribution in [1.82, 2.24) is 0 Å². The van der Waals surface area contributed by atoms with Crippen molar-refractivity contribution in [3.63, 3.8) is 0 Å². The molecule has 2 aromatic rings. The molecule has 2 rings (SSSR count). The topological polar surface area (TPSA) is 72.8 Å². The minimum atomic E-state index is -3.35. The number of rotatable bonds is 7. The Labute approximate surface area is 162 Å². The van der Waals surface area contributed by atoms with Crippen LogP contribution in [0.1, 0.15) is 35.4 Å². The second-order valence-electron chi connectivity index (χ2n) is 5.56. The predicted octanol–water partition coefficient (Wildman–Crippen LogP) is 5.40. The third-order valence-electron chi connectivity index (χ3n) is 4.00. The summed E-state index contributed by atoms with van der Waals surface area (Å²) in [6.45, 7) is 3.73. The zero-order valence-electron chi connectivity index (χ0n) is 14.5. The summed E-state index contributed by atoms with van der Waals surface area (Å²) in [5, 5.41) is 9.67. The molecule has 0 saturated heterocycles. The monoisotopic (exact) mass is 416 g/mol. The van der Waals surface area contributed by atoms with Gasteiger partial charge in [-0.15, -0.1) is 0 Å². The molecule has 2 unspecified atom stereocenters. The zero-order chi connectivity index (χ0) is 19.5. The lowest BCUT2D eigenvalue weighted by Crippen LogP contribution is -2.13. The highest BCUT2D eigenvalue weighted by Crippen LogP contribution is 2.59. The van der Waals surface area contributed by atoms with Gasteiger partial charge in [0.2, 0.25) is 7.37 Å². The number of benzene rings is 2. The Hall–Kier alpha value is -1.52. The van der Waals surface area contributed by atoms with Gasteiger partial charge in [0.25, 0.3) is 0 Å². The molecule has 0 aliphatic rings. The average Bonchev–Trinajstić information content (AvgIpc) is 2.60. The van der Waals surface area contributed by atoms with Crippen LogP contribution in [0.4, 0.5) is 0 Å². The SMILES string of the molecule is CCOP(=O)(c1cccc(OC)c1)C(C)c1cc(Cl)c(C(=O)O)c(Cl)c1. The number of hydrogen-bond acceptors (Lipinski definition) is 4. The number of carboxylic acid groups (broad SMARTS) is 1. The van der Waals surface area contributed by atoms with E-state index in [1.54, 1.807) is 38.1 Å². The standard InChI is InChI=1S/C18H19Cl2O5P/c1-4-25-26(23,14-7-5-6-13(10-14)24-3)11(2)12-8-15(19)17(18(21)22)16(20)9-12/h5-11H,4H2,1-3H3,(H,21,22). The fourth-order valence-corrected chi connectivity index (χ4v) is 5.65. The van der Waals surface area contributed by atoms with E-state index in [0.717, 1.165) is 0 Å². The molecule has 0 spiro atoms. The molecule has 0 aliphatic heterocycles. The Kier molecular flexibility index (Phi) is 6.75. The molecule has 0 amide bonds. The van der Waals surface area contributed by atoms with Crippen molar-refractivity contribution in [2.45, 2.75) is 19.5 Å². The molecule has 5 nitrogen and oxygen atoms in total. The van der Waals surface area contributed by atoms with Gasteiger partial charge in [-0.3, -0.25) is 4.57 Å². The smallest absolute Gasteiger partial charge is 0.338 e. The maximum Gasteiger partial charge on any atom is 0.338 e. The van der Waals surface area contributed by atoms with E-state index < -0.39 is 19.0 Å². The summed E-state index contributed by atoms with van der Waals surface area (Å²) in [7, 11) is -1.82. The second kappa shape index (κ2) is 8.45. The molecule has 2 aromatic carbocycles. The highest BCUT2D eigenvalue weighted by Gasteiger charge is 2.35. The number of carboxylic acids is 1. The van der Waals surface area contributed by atoms with E-state index in [0.29, 0.717) is 16.6 Å². The third-order valence-corrected chi connectivity index (χ3v) is 7.56. The van der Waals surface area contributed by atoms with Crippen molar-refractivity contribution in [2.24, 2.45) is 0 Å². The third kappa shape index (κ3) is 4.07. The summed E-state index contributed by atoms with van der Waals surface area (Å²) < 4.78 is 24.6. The van der Waals surface area contributed by atoms with Gasteiger partial charge in [0.15, 0.2) is 0 Å². The van der Waals surface area contributed by atoms with Crippen LogP contribution in [0.2, 0.25) is 10.0 Å². The first kappa shape index (κ1) is 20.8. The van der Waals surface area contributed by atoms with Gasteiger partial charge in [0.1, 0.15) is 5.75 Å². The van der Waals surface area contributed by atoms with Crippen LogP contribution < -0.4 is 10.0 Å². The first-order valence-corrected chi connectivity index (χ1v) is 10.3. The molecule has 140 valence electrons. The van der Waals surface area contributed by atoms with E-state index in [1.807, 2.05) is 0 Å². The van der Waals surface area contributed by atoms with Crippen LogP contribution >= 0.6 is 30.6 Å². The van der Waals surface area contributed by atoms with Crippen molar-refractivity contribution >= 4 is 41.8 Å². The Balaban J connectivity index is 2.57. The number of halogens is 2. The molecule has 26 heavy (non-hydrogen) atoms. The van der Waals surface area contributed by atoms with E-state index in [-0.39, 0.29) is 22.2 Å². The molecular formula is C18H19Cl2O5P. The molecular weight excluding hydrogens is 398 g/mol. The predicted molar refractivity (Wildman–Crippen MR) is 104 cm³/mol. The Bertz CT molecular complexity index is 845. The van der Waals surface area contributed by atoms with E-state index in [2.05, 4.69) is 0 Å². The summed E-state index contributed by atoms with van der Waals surface area (Å²) in [4.78, 5) is 11.3. The molecule has 8 heteroatoms. The molecule has 0 saturated carbocycles. The number of carbonyl (C=O) groups is 1. The van der Waals surface area contributed by atoms with Crippen LogP contribution in [-0.4, -0.2) is 24.8 Å². The number of methoxy groups -OCH3 is 1. The summed E-state index contributed by atoms with van der Waals surface area (Å²) >= 11 is 12.2. The van der Waals surface area contributed by atoms with Gasteiger partial charge >= 0.3 is 5.97 Å². The first-order valence-electron chi connectivity index (χ1n) is 7.85. The van der Waals surface area contributed by atoms with Crippen LogP contribution in [0.3, 0.4) is 0 Å². The average molecular weight is 417 g/mol. The normalized spacial score (nSPS) is 14.5. The van der Waals surface area contributed by atoms with Crippen LogP contribution in [0, 0.1) is 0 Å². The Morgan fingerprint density at radius 3 is 2.35 bits per heavy atom. The molecule has 0 fully saturated rings. The highest BCUT2D eigenvalue weighted by atomic mass is 35.5. The largest absolute Gasteiger partial charge is 0.497 e. The van der Waals surface area contributed by atoms with Gasteiger partial charge in [-0.2, -0.15) is 0 Å². The van der Waals surface area contributed by atoms with Crippen molar-refractivity contribution < 1.29 is 23.7 Å². The van der Waals surface area contributed by atoms with Gasteiger partial charge in [0, 0.05) is 5.30 Å². The van der Waals surface area contributed by atoms with Crippen LogP contribution in [0.25, 0.3) is 0 Å². The minimum absolute atomic E-state index is 0.0134. The number of hydrogen-bond donors (Lipinski definition) is 1. The summed E-state index contributed by atoms with van der Waals surface area (Å²) in [5.74, 6) is -0.660. The first-order chi connectivity index (χ1) is 12.2. The Morgan fingerprint density at radius 2 is 1.85 bits per heavy atom. The number of aromatic carboxylic acids is 1. The zero-order valence-corrected chi connectivity index (χ0v) is 16.9. The second-order valence-corrected chi connectivity index (χ2v) is 9.11. The fourth-order valence-electron chi connectivity index (χ4n) is 2.64. The maximum absolute atomic E-state index is 13.7. The highest BCUT2D eigenvalue weighted by molar-refractivity contribution is 7.67. The maximum atomic E-state index is 13.7. The summed E-state index contributed by atoms with van der Waals surface area (Å²) in [6.07, 6.45) is 0. The lowest BCUT2D eigenvalue weighted by atomic mass is 10.1. The van der Waals surface area contributed by atoms with Gasteiger partial charge in [-0.25, -0.2) is 4.79 Å². The summed E-state index contributed by atoms with van der Waals surface area (Å²) in [5.41, 5.74) is -0.242. The van der Waals surface area contributed by atoms with Crippen LogP contribution in [-0.2, 0) is 9.09 Å². The molecule has 0 heterocycles. The van der Waals surface area contributed by atoms with Crippen molar-refractivity contribution in [2.75, 3.05) is 13.7 Å². The molecule has 0 aromatic heterocycles. The molecule has 1 N–H and O–H groups in total. The fraction of sp³-hybridized carbons (Fsp3) is 0.278. The minimum Gasteiger partial charge on any atom is -0.497 e. The lowest BCUT2D eigenvalue weighted by molar-refractivity contribution is 0.0697. The van der Waals surface area contributed by atoms with Crippen molar-refractivity contribution in [1.29, 1.82) is 0 Å².